The minimum Gasteiger partial charge on any atom is -0.388 e. The Kier molecular flexibility index (Phi) is 4.39. The molecule has 1 nitrogen and oxygen atoms in total. The highest BCUT2D eigenvalue weighted by atomic mass is 32.2. The molecule has 0 aromatic heterocycles. The normalized spacial score (nSPS) is 12.4. The van der Waals surface area contributed by atoms with Crippen LogP contribution in [0.25, 0.3) is 0 Å². The van der Waals surface area contributed by atoms with E-state index in [4.69, 9.17) is 0 Å². The van der Waals surface area contributed by atoms with E-state index in [1.807, 2.05) is 37.3 Å². The second kappa shape index (κ2) is 6.03. The van der Waals surface area contributed by atoms with Gasteiger partial charge in [-0.25, -0.2) is 4.39 Å². The highest BCUT2D eigenvalue weighted by molar-refractivity contribution is 7.99. The third-order valence-electron chi connectivity index (χ3n) is 2.72. The zero-order chi connectivity index (χ0) is 13.0. The lowest BCUT2D eigenvalue weighted by atomic mass is 10.1. The maximum atomic E-state index is 13.5. The van der Waals surface area contributed by atoms with Crippen LogP contribution >= 0.6 is 11.8 Å². The van der Waals surface area contributed by atoms with Gasteiger partial charge in [0.1, 0.15) is 5.82 Å². The Labute approximate surface area is 111 Å². The summed E-state index contributed by atoms with van der Waals surface area (Å²) in [5, 5.41) is 9.69. The monoisotopic (exact) mass is 262 g/mol. The van der Waals surface area contributed by atoms with Crippen molar-refractivity contribution < 1.29 is 9.50 Å². The van der Waals surface area contributed by atoms with Crippen molar-refractivity contribution in [2.24, 2.45) is 0 Å². The Morgan fingerprint density at radius 3 is 2.39 bits per heavy atom. The molecule has 0 amide bonds. The summed E-state index contributed by atoms with van der Waals surface area (Å²) in [6, 6.07) is 14.3. The lowest BCUT2D eigenvalue weighted by molar-refractivity contribution is 0.173. The summed E-state index contributed by atoms with van der Waals surface area (Å²) < 4.78 is 13.5. The van der Waals surface area contributed by atoms with Gasteiger partial charge in [0.05, 0.1) is 6.10 Å². The molecule has 3 heteroatoms. The molecule has 1 N–H and O–H groups in total. The number of aliphatic hydroxyl groups is 1. The molecule has 0 saturated carbocycles. The van der Waals surface area contributed by atoms with Gasteiger partial charge in [-0.05, 0) is 36.2 Å². The van der Waals surface area contributed by atoms with E-state index >= 15 is 0 Å². The minimum absolute atomic E-state index is 0.208. The van der Waals surface area contributed by atoms with E-state index in [9.17, 15) is 9.50 Å². The average molecular weight is 262 g/mol. The first-order valence-electron chi connectivity index (χ1n) is 5.91. The second-order valence-electron chi connectivity index (χ2n) is 4.03. The highest BCUT2D eigenvalue weighted by Gasteiger charge is 2.06. The van der Waals surface area contributed by atoms with Gasteiger partial charge in [-0.3, -0.25) is 0 Å². The standard InChI is InChI=1S/C15H15FOS/c1-2-14(17)11-7-9-12(10-8-11)18-15-6-4-3-5-13(15)16/h3-10,14,17H,2H2,1H3/t14-/m0/s1. The summed E-state index contributed by atoms with van der Waals surface area (Å²) >= 11 is 1.39. The number of hydrogen-bond acceptors (Lipinski definition) is 2. The lowest BCUT2D eigenvalue weighted by Crippen LogP contribution is -1.94. The molecule has 2 aromatic carbocycles. The lowest BCUT2D eigenvalue weighted by Gasteiger charge is -2.09. The first-order chi connectivity index (χ1) is 8.70. The van der Waals surface area contributed by atoms with Gasteiger partial charge in [-0.1, -0.05) is 43.0 Å². The van der Waals surface area contributed by atoms with Crippen molar-refractivity contribution in [2.75, 3.05) is 0 Å². The van der Waals surface area contributed by atoms with Crippen LogP contribution in [0.3, 0.4) is 0 Å². The summed E-state index contributed by atoms with van der Waals surface area (Å²) in [5.41, 5.74) is 0.899. The van der Waals surface area contributed by atoms with Crippen LogP contribution in [0.2, 0.25) is 0 Å². The third-order valence-corrected chi connectivity index (χ3v) is 3.77. The van der Waals surface area contributed by atoms with Crippen LogP contribution in [-0.2, 0) is 0 Å². The molecule has 18 heavy (non-hydrogen) atoms. The van der Waals surface area contributed by atoms with E-state index < -0.39 is 6.10 Å². The van der Waals surface area contributed by atoms with Crippen LogP contribution in [0.1, 0.15) is 25.0 Å². The molecule has 0 radical (unpaired) electrons. The number of rotatable bonds is 4. The summed E-state index contributed by atoms with van der Waals surface area (Å²) in [7, 11) is 0. The molecule has 1 atom stereocenters. The molecule has 0 aliphatic rings. The quantitative estimate of drug-likeness (QED) is 0.880. The van der Waals surface area contributed by atoms with Crippen molar-refractivity contribution in [3.8, 4) is 0 Å². The van der Waals surface area contributed by atoms with Crippen molar-refractivity contribution in [1.82, 2.24) is 0 Å². The number of hydrogen-bond donors (Lipinski definition) is 1. The van der Waals surface area contributed by atoms with Gasteiger partial charge in [-0.2, -0.15) is 0 Å². The van der Waals surface area contributed by atoms with E-state index in [-0.39, 0.29) is 5.82 Å². The van der Waals surface area contributed by atoms with Crippen molar-refractivity contribution in [1.29, 1.82) is 0 Å². The average Bonchev–Trinajstić information content (AvgIpc) is 2.41. The Morgan fingerprint density at radius 1 is 1.11 bits per heavy atom. The van der Waals surface area contributed by atoms with Gasteiger partial charge in [0, 0.05) is 9.79 Å². The number of benzene rings is 2. The molecule has 0 fully saturated rings. The number of aliphatic hydroxyl groups excluding tert-OH is 1. The summed E-state index contributed by atoms with van der Waals surface area (Å²) in [6.45, 7) is 1.94. The predicted octanol–water partition coefficient (Wildman–Crippen LogP) is 4.42. The predicted molar refractivity (Wildman–Crippen MR) is 72.2 cm³/mol. The van der Waals surface area contributed by atoms with Crippen LogP contribution in [0.5, 0.6) is 0 Å². The molecule has 0 heterocycles. The maximum absolute atomic E-state index is 13.5. The van der Waals surface area contributed by atoms with E-state index in [2.05, 4.69) is 0 Å². The van der Waals surface area contributed by atoms with E-state index in [0.29, 0.717) is 11.3 Å². The second-order valence-corrected chi connectivity index (χ2v) is 5.14. The van der Waals surface area contributed by atoms with Crippen molar-refractivity contribution >= 4 is 11.8 Å². The van der Waals surface area contributed by atoms with Gasteiger partial charge in [-0.15, -0.1) is 0 Å². The molecule has 0 saturated heterocycles. The van der Waals surface area contributed by atoms with E-state index in [1.54, 1.807) is 12.1 Å². The summed E-state index contributed by atoms with van der Waals surface area (Å²) in [4.78, 5) is 1.58. The van der Waals surface area contributed by atoms with E-state index in [1.165, 1.54) is 17.8 Å². The Bertz CT molecular complexity index is 510. The van der Waals surface area contributed by atoms with Crippen LogP contribution in [0.15, 0.2) is 58.3 Å². The van der Waals surface area contributed by atoms with Crippen LogP contribution < -0.4 is 0 Å². The minimum atomic E-state index is -0.419. The molecule has 0 spiro atoms. The molecule has 2 rings (SSSR count). The van der Waals surface area contributed by atoms with Crippen molar-refractivity contribution in [2.45, 2.75) is 29.2 Å². The van der Waals surface area contributed by atoms with Gasteiger partial charge >= 0.3 is 0 Å². The SMILES string of the molecule is CC[C@H](O)c1ccc(Sc2ccccc2F)cc1. The van der Waals surface area contributed by atoms with Crippen molar-refractivity contribution in [3.05, 3.63) is 59.9 Å². The zero-order valence-electron chi connectivity index (χ0n) is 10.1. The Hall–Kier alpha value is -1.32. The van der Waals surface area contributed by atoms with Gasteiger partial charge in [0.15, 0.2) is 0 Å². The third kappa shape index (κ3) is 3.12. The molecular weight excluding hydrogens is 247 g/mol. The van der Waals surface area contributed by atoms with E-state index in [0.717, 1.165) is 10.5 Å². The van der Waals surface area contributed by atoms with Gasteiger partial charge < -0.3 is 5.11 Å². The molecular formula is C15H15FOS. The van der Waals surface area contributed by atoms with Crippen LogP contribution in [-0.4, -0.2) is 5.11 Å². The molecule has 94 valence electrons. The van der Waals surface area contributed by atoms with Crippen molar-refractivity contribution in [3.63, 3.8) is 0 Å². The fourth-order valence-electron chi connectivity index (χ4n) is 1.65. The Balaban J connectivity index is 2.14. The largest absolute Gasteiger partial charge is 0.388 e. The van der Waals surface area contributed by atoms with Crippen LogP contribution in [0.4, 0.5) is 4.39 Å². The zero-order valence-corrected chi connectivity index (χ0v) is 11.0. The first-order valence-corrected chi connectivity index (χ1v) is 6.72. The summed E-state index contributed by atoms with van der Waals surface area (Å²) in [6.07, 6.45) is 0.275. The molecule has 0 aliphatic carbocycles. The topological polar surface area (TPSA) is 20.2 Å². The molecule has 2 aromatic rings. The maximum Gasteiger partial charge on any atom is 0.137 e. The fraction of sp³-hybridized carbons (Fsp3) is 0.200. The molecule has 0 unspecified atom stereocenters. The van der Waals surface area contributed by atoms with Gasteiger partial charge in [0.25, 0.3) is 0 Å². The summed E-state index contributed by atoms with van der Waals surface area (Å²) in [5.74, 6) is -0.208. The Morgan fingerprint density at radius 2 is 1.78 bits per heavy atom. The number of halogens is 1. The fourth-order valence-corrected chi connectivity index (χ4v) is 2.49. The van der Waals surface area contributed by atoms with Crippen LogP contribution in [0, 0.1) is 5.82 Å². The highest BCUT2D eigenvalue weighted by Crippen LogP contribution is 2.30. The smallest absolute Gasteiger partial charge is 0.137 e. The van der Waals surface area contributed by atoms with Gasteiger partial charge in [0.2, 0.25) is 0 Å². The molecule has 0 aliphatic heterocycles. The first kappa shape index (κ1) is 13.1. The molecule has 0 bridgehead atoms.